The summed E-state index contributed by atoms with van der Waals surface area (Å²) in [5.41, 5.74) is 3.28. The molecule has 6 nitrogen and oxygen atoms in total. The molecule has 0 atom stereocenters. The maximum Gasteiger partial charge on any atom is 0.417 e. The van der Waals surface area contributed by atoms with Gasteiger partial charge in [-0.2, -0.15) is 0 Å². The monoisotopic (exact) mass is 332 g/mol. The second-order valence-electron chi connectivity index (χ2n) is 5.44. The summed E-state index contributed by atoms with van der Waals surface area (Å²) >= 11 is 0. The molecular weight excluding hydrogens is 316 g/mol. The zero-order chi connectivity index (χ0) is 16.6. The van der Waals surface area contributed by atoms with Gasteiger partial charge >= 0.3 is 5.76 Å². The van der Waals surface area contributed by atoms with Crippen LogP contribution >= 0.6 is 0 Å². The third-order valence-electron chi connectivity index (χ3n) is 3.58. The number of hydrogen-bond donors (Lipinski definition) is 2. The minimum Gasteiger partial charge on any atom is -0.408 e. The number of benzene rings is 2. The van der Waals surface area contributed by atoms with Gasteiger partial charge < -0.3 is 4.42 Å². The molecule has 2 aromatic carbocycles. The molecule has 0 aliphatic carbocycles. The number of H-pyrrole nitrogens is 1. The van der Waals surface area contributed by atoms with Crippen molar-refractivity contribution in [3.8, 4) is 0 Å². The van der Waals surface area contributed by atoms with Gasteiger partial charge in [-0.05, 0) is 48.7 Å². The van der Waals surface area contributed by atoms with Crippen molar-refractivity contribution in [1.29, 1.82) is 0 Å². The zero-order valence-corrected chi connectivity index (χ0v) is 13.5. The molecule has 3 aromatic rings. The van der Waals surface area contributed by atoms with Crippen molar-refractivity contribution >= 4 is 21.1 Å². The highest BCUT2D eigenvalue weighted by Gasteiger charge is 2.16. The van der Waals surface area contributed by atoms with Gasteiger partial charge in [0.1, 0.15) is 0 Å². The van der Waals surface area contributed by atoms with E-state index in [1.165, 1.54) is 0 Å². The Labute approximate surface area is 133 Å². The average molecular weight is 332 g/mol. The fourth-order valence-corrected chi connectivity index (χ4v) is 3.71. The molecule has 2 N–H and O–H groups in total. The van der Waals surface area contributed by atoms with Gasteiger partial charge in [-0.3, -0.25) is 4.98 Å². The van der Waals surface area contributed by atoms with Crippen molar-refractivity contribution in [3.63, 3.8) is 0 Å². The third kappa shape index (κ3) is 3.20. The van der Waals surface area contributed by atoms with Crippen LogP contribution < -0.4 is 10.5 Å². The molecule has 0 amide bonds. The Kier molecular flexibility index (Phi) is 3.83. The topological polar surface area (TPSA) is 92.2 Å². The number of fused-ring (bicyclic) bond motifs is 1. The van der Waals surface area contributed by atoms with Gasteiger partial charge in [-0.15, -0.1) is 0 Å². The van der Waals surface area contributed by atoms with E-state index in [9.17, 15) is 13.2 Å². The van der Waals surface area contributed by atoms with Crippen LogP contribution in [0.4, 0.5) is 0 Å². The minimum absolute atomic E-state index is 0.124. The molecule has 0 unspecified atom stereocenters. The normalized spacial score (nSPS) is 11.9. The number of nitrogens with one attached hydrogen (secondary N) is 2. The van der Waals surface area contributed by atoms with Crippen LogP contribution in [-0.4, -0.2) is 13.4 Å². The molecule has 0 bridgehead atoms. The first-order valence-corrected chi connectivity index (χ1v) is 8.52. The molecule has 0 fully saturated rings. The van der Waals surface area contributed by atoms with E-state index in [2.05, 4.69) is 9.71 Å². The summed E-state index contributed by atoms with van der Waals surface area (Å²) in [5, 5.41) is 0. The van der Waals surface area contributed by atoms with Crippen LogP contribution in [0.15, 0.2) is 50.5 Å². The molecule has 0 saturated carbocycles. The van der Waals surface area contributed by atoms with E-state index in [-0.39, 0.29) is 11.4 Å². The largest absolute Gasteiger partial charge is 0.417 e. The van der Waals surface area contributed by atoms with E-state index in [1.54, 1.807) is 37.3 Å². The summed E-state index contributed by atoms with van der Waals surface area (Å²) in [6.07, 6.45) is 0. The van der Waals surface area contributed by atoms with Crippen LogP contribution in [0.5, 0.6) is 0 Å². The van der Waals surface area contributed by atoms with Crippen molar-refractivity contribution in [2.24, 2.45) is 0 Å². The highest BCUT2D eigenvalue weighted by molar-refractivity contribution is 7.89. The van der Waals surface area contributed by atoms with Crippen molar-refractivity contribution in [2.45, 2.75) is 25.3 Å². The van der Waals surface area contributed by atoms with Gasteiger partial charge in [0.05, 0.1) is 10.4 Å². The number of aryl methyl sites for hydroxylation is 2. The smallest absolute Gasteiger partial charge is 0.408 e. The molecule has 0 radical (unpaired) electrons. The Balaban J connectivity index is 1.85. The fourth-order valence-electron chi connectivity index (χ4n) is 2.36. The maximum atomic E-state index is 12.5. The van der Waals surface area contributed by atoms with Crippen molar-refractivity contribution in [3.05, 3.63) is 63.6 Å². The molecule has 7 heteroatoms. The molecular formula is C16H16N2O4S. The highest BCUT2D eigenvalue weighted by atomic mass is 32.2. The third-order valence-corrected chi connectivity index (χ3v) is 5.13. The quantitative estimate of drug-likeness (QED) is 0.766. The van der Waals surface area contributed by atoms with E-state index in [0.29, 0.717) is 16.7 Å². The second-order valence-corrected chi connectivity index (χ2v) is 7.17. The molecule has 1 heterocycles. The SMILES string of the molecule is Cc1ccc(C)c(S(=O)(=O)NCc2ccc3oc(=O)[nH]c3c2)c1. The predicted molar refractivity (Wildman–Crippen MR) is 86.8 cm³/mol. The summed E-state index contributed by atoms with van der Waals surface area (Å²) in [5.74, 6) is -0.534. The molecule has 120 valence electrons. The van der Waals surface area contributed by atoms with E-state index in [4.69, 9.17) is 4.42 Å². The van der Waals surface area contributed by atoms with E-state index in [0.717, 1.165) is 11.1 Å². The summed E-state index contributed by atoms with van der Waals surface area (Å²) in [7, 11) is -3.61. The van der Waals surface area contributed by atoms with Gasteiger partial charge in [0, 0.05) is 6.54 Å². The number of oxazole rings is 1. The van der Waals surface area contributed by atoms with Crippen molar-refractivity contribution in [1.82, 2.24) is 9.71 Å². The van der Waals surface area contributed by atoms with Crippen LogP contribution in [0.25, 0.3) is 11.1 Å². The predicted octanol–water partition coefficient (Wildman–Crippen LogP) is 2.22. The minimum atomic E-state index is -3.61. The second kappa shape index (κ2) is 5.68. The number of rotatable bonds is 4. The number of aromatic nitrogens is 1. The van der Waals surface area contributed by atoms with E-state index >= 15 is 0 Å². The standard InChI is InChI=1S/C16H16N2O4S/c1-10-3-4-11(2)15(7-10)23(20,21)17-9-12-5-6-14-13(8-12)18-16(19)22-14/h3-8,17H,9H2,1-2H3,(H,18,19). The highest BCUT2D eigenvalue weighted by Crippen LogP contribution is 2.18. The lowest BCUT2D eigenvalue weighted by Gasteiger charge is -2.10. The molecule has 1 aromatic heterocycles. The first kappa shape index (κ1) is 15.5. The van der Waals surface area contributed by atoms with Crippen LogP contribution in [0.2, 0.25) is 0 Å². The lowest BCUT2D eigenvalue weighted by Crippen LogP contribution is -2.24. The number of sulfonamides is 1. The summed E-state index contributed by atoms with van der Waals surface area (Å²) in [4.78, 5) is 14.0. The van der Waals surface area contributed by atoms with E-state index < -0.39 is 15.8 Å². The Bertz CT molecular complexity index is 1030. The molecule has 0 aliphatic heterocycles. The van der Waals surface area contributed by atoms with Crippen molar-refractivity contribution < 1.29 is 12.8 Å². The van der Waals surface area contributed by atoms with E-state index in [1.807, 2.05) is 13.0 Å². The van der Waals surface area contributed by atoms with Crippen LogP contribution in [0.1, 0.15) is 16.7 Å². The Morgan fingerprint density at radius 1 is 1.13 bits per heavy atom. The van der Waals surface area contributed by atoms with Gasteiger partial charge in [0.15, 0.2) is 5.58 Å². The Hall–Kier alpha value is -2.38. The lowest BCUT2D eigenvalue weighted by atomic mass is 10.2. The lowest BCUT2D eigenvalue weighted by molar-refractivity contribution is 0.555. The van der Waals surface area contributed by atoms with Gasteiger partial charge in [-0.1, -0.05) is 18.2 Å². The number of aromatic amines is 1. The first-order chi connectivity index (χ1) is 10.8. The average Bonchev–Trinajstić information content (AvgIpc) is 2.87. The van der Waals surface area contributed by atoms with Gasteiger partial charge in [0.25, 0.3) is 0 Å². The first-order valence-electron chi connectivity index (χ1n) is 7.04. The number of hydrogen-bond acceptors (Lipinski definition) is 4. The molecule has 0 aliphatic rings. The molecule has 0 spiro atoms. The fraction of sp³-hybridized carbons (Fsp3) is 0.188. The van der Waals surface area contributed by atoms with Gasteiger partial charge in [-0.25, -0.2) is 17.9 Å². The molecule has 0 saturated heterocycles. The van der Waals surface area contributed by atoms with Crippen LogP contribution in [0.3, 0.4) is 0 Å². The zero-order valence-electron chi connectivity index (χ0n) is 12.7. The summed E-state index contributed by atoms with van der Waals surface area (Å²) < 4.78 is 32.4. The maximum absolute atomic E-state index is 12.5. The molecule has 23 heavy (non-hydrogen) atoms. The van der Waals surface area contributed by atoms with Gasteiger partial charge in [0.2, 0.25) is 10.0 Å². The van der Waals surface area contributed by atoms with Crippen LogP contribution in [-0.2, 0) is 16.6 Å². The Morgan fingerprint density at radius 3 is 2.70 bits per heavy atom. The van der Waals surface area contributed by atoms with Crippen molar-refractivity contribution in [2.75, 3.05) is 0 Å². The summed E-state index contributed by atoms with van der Waals surface area (Å²) in [6, 6.07) is 10.3. The summed E-state index contributed by atoms with van der Waals surface area (Å²) in [6.45, 7) is 3.73. The van der Waals surface area contributed by atoms with Crippen LogP contribution in [0, 0.1) is 13.8 Å². The Morgan fingerprint density at radius 2 is 1.91 bits per heavy atom. The molecule has 3 rings (SSSR count).